The second kappa shape index (κ2) is 6.00. The van der Waals surface area contributed by atoms with Gasteiger partial charge in [0.25, 0.3) is 0 Å². The van der Waals surface area contributed by atoms with Crippen molar-refractivity contribution in [2.45, 2.75) is 12.3 Å². The Bertz CT molecular complexity index is 1010. The number of nitrogens with zero attached hydrogens (tertiary/aromatic N) is 1. The van der Waals surface area contributed by atoms with Gasteiger partial charge in [-0.1, -0.05) is 29.8 Å². The van der Waals surface area contributed by atoms with Crippen molar-refractivity contribution in [1.29, 1.82) is 0 Å². The van der Waals surface area contributed by atoms with E-state index in [0.717, 1.165) is 22.3 Å². The zero-order chi connectivity index (χ0) is 16.7. The van der Waals surface area contributed by atoms with Gasteiger partial charge in [0.15, 0.2) is 0 Å². The van der Waals surface area contributed by atoms with Gasteiger partial charge in [0.05, 0.1) is 0 Å². The van der Waals surface area contributed by atoms with Gasteiger partial charge in [-0.15, -0.1) is 0 Å². The Labute approximate surface area is 146 Å². The lowest BCUT2D eigenvalue weighted by atomic mass is 9.91. The van der Waals surface area contributed by atoms with Gasteiger partial charge in [0, 0.05) is 52.2 Å². The first kappa shape index (κ1) is 15.3. The van der Waals surface area contributed by atoms with Crippen LogP contribution >= 0.6 is 11.6 Å². The van der Waals surface area contributed by atoms with Crippen molar-refractivity contribution in [1.82, 2.24) is 9.55 Å². The van der Waals surface area contributed by atoms with Gasteiger partial charge >= 0.3 is 0 Å². The normalized spacial score (nSPS) is 13.0. The maximum atomic E-state index is 6.19. The minimum Gasteiger partial charge on any atom is -0.361 e. The number of fused-ring (bicyclic) bond motifs is 2. The van der Waals surface area contributed by atoms with E-state index >= 15 is 0 Å². The Morgan fingerprint density at radius 3 is 2.83 bits per heavy atom. The average Bonchev–Trinajstić information content (AvgIpc) is 3.14. The molecule has 4 aromatic rings. The van der Waals surface area contributed by atoms with E-state index in [2.05, 4.69) is 53.3 Å². The average molecular weight is 338 g/mol. The van der Waals surface area contributed by atoms with Gasteiger partial charge in [-0.05, 0) is 48.4 Å². The van der Waals surface area contributed by atoms with E-state index < -0.39 is 0 Å². The molecular weight excluding hydrogens is 318 g/mol. The highest BCUT2D eigenvalue weighted by Crippen LogP contribution is 2.32. The lowest BCUT2D eigenvalue weighted by Crippen LogP contribution is -2.14. The molecule has 0 amide bonds. The summed E-state index contributed by atoms with van der Waals surface area (Å²) >= 11 is 6.19. The summed E-state index contributed by atoms with van der Waals surface area (Å²) in [5, 5.41) is 3.22. The third kappa shape index (κ3) is 2.50. The zero-order valence-corrected chi connectivity index (χ0v) is 14.3. The molecule has 0 aliphatic carbocycles. The number of aromatic amines is 1. The number of nitrogens with one attached hydrogen (secondary N) is 1. The number of nitrogens with two attached hydrogens (primary N) is 1. The summed E-state index contributed by atoms with van der Waals surface area (Å²) in [6, 6.07) is 14.5. The standard InChI is InChI=1S/C20H20ClN3/c1-24-12-14(16-4-2-3-5-20(16)24)8-13(10-22)18-11-23-19-7-6-15(21)9-17(18)19/h2-7,9,11-13,23H,8,10,22H2,1H3. The van der Waals surface area contributed by atoms with Crippen molar-refractivity contribution in [2.24, 2.45) is 12.8 Å². The molecule has 2 aromatic carbocycles. The Hall–Kier alpha value is -2.23. The van der Waals surface area contributed by atoms with Crippen LogP contribution in [0.3, 0.4) is 0 Å². The van der Waals surface area contributed by atoms with E-state index in [1.165, 1.54) is 22.0 Å². The molecule has 2 heterocycles. The Balaban J connectivity index is 1.76. The van der Waals surface area contributed by atoms with Crippen molar-refractivity contribution < 1.29 is 0 Å². The minimum absolute atomic E-state index is 0.253. The number of para-hydroxylation sites is 1. The molecule has 0 fully saturated rings. The number of rotatable bonds is 4. The molecule has 4 rings (SSSR count). The van der Waals surface area contributed by atoms with E-state index in [9.17, 15) is 0 Å². The highest BCUT2D eigenvalue weighted by molar-refractivity contribution is 6.31. The number of halogens is 1. The van der Waals surface area contributed by atoms with Crippen LogP contribution in [0.4, 0.5) is 0 Å². The monoisotopic (exact) mass is 337 g/mol. The molecule has 2 aromatic heterocycles. The fourth-order valence-electron chi connectivity index (χ4n) is 3.63. The summed E-state index contributed by atoms with van der Waals surface area (Å²) in [6.07, 6.45) is 5.20. The number of hydrogen-bond donors (Lipinski definition) is 2. The van der Waals surface area contributed by atoms with E-state index in [0.29, 0.717) is 6.54 Å². The van der Waals surface area contributed by atoms with Gasteiger partial charge in [0.1, 0.15) is 0 Å². The number of hydrogen-bond acceptors (Lipinski definition) is 1. The Morgan fingerprint density at radius 2 is 2.00 bits per heavy atom. The summed E-state index contributed by atoms with van der Waals surface area (Å²) in [4.78, 5) is 3.34. The number of aromatic nitrogens is 2. The highest BCUT2D eigenvalue weighted by atomic mass is 35.5. The van der Waals surface area contributed by atoms with Crippen LogP contribution in [-0.4, -0.2) is 16.1 Å². The zero-order valence-electron chi connectivity index (χ0n) is 13.6. The predicted molar refractivity (Wildman–Crippen MR) is 102 cm³/mol. The van der Waals surface area contributed by atoms with Crippen LogP contribution < -0.4 is 5.73 Å². The van der Waals surface area contributed by atoms with Crippen molar-refractivity contribution in [3.05, 3.63) is 71.0 Å². The summed E-state index contributed by atoms with van der Waals surface area (Å²) in [5.41, 5.74) is 11.1. The van der Waals surface area contributed by atoms with Crippen LogP contribution in [0.5, 0.6) is 0 Å². The molecule has 1 atom stereocenters. The lowest BCUT2D eigenvalue weighted by Gasteiger charge is -2.14. The van der Waals surface area contributed by atoms with Gasteiger partial charge in [0.2, 0.25) is 0 Å². The topological polar surface area (TPSA) is 46.7 Å². The molecule has 0 aliphatic heterocycles. The Morgan fingerprint density at radius 1 is 1.17 bits per heavy atom. The van der Waals surface area contributed by atoms with Crippen molar-refractivity contribution in [3.63, 3.8) is 0 Å². The third-order valence-electron chi connectivity index (χ3n) is 4.85. The fraction of sp³-hybridized carbons (Fsp3) is 0.200. The van der Waals surface area contributed by atoms with Crippen LogP contribution in [0.1, 0.15) is 17.0 Å². The molecule has 0 saturated carbocycles. The van der Waals surface area contributed by atoms with Crippen LogP contribution in [0, 0.1) is 0 Å². The summed E-state index contributed by atoms with van der Waals surface area (Å²) in [5.74, 6) is 0.253. The quantitative estimate of drug-likeness (QED) is 0.561. The number of aryl methyl sites for hydroxylation is 1. The largest absolute Gasteiger partial charge is 0.361 e. The first-order chi connectivity index (χ1) is 11.7. The second-order valence-corrected chi connectivity index (χ2v) is 6.79. The van der Waals surface area contributed by atoms with E-state index in [1.54, 1.807) is 0 Å². The van der Waals surface area contributed by atoms with Crippen LogP contribution in [0.2, 0.25) is 5.02 Å². The fourth-order valence-corrected chi connectivity index (χ4v) is 3.80. The van der Waals surface area contributed by atoms with E-state index in [1.807, 2.05) is 18.2 Å². The van der Waals surface area contributed by atoms with Gasteiger partial charge in [-0.2, -0.15) is 0 Å². The van der Waals surface area contributed by atoms with Gasteiger partial charge < -0.3 is 15.3 Å². The van der Waals surface area contributed by atoms with Crippen LogP contribution in [0.15, 0.2) is 54.9 Å². The number of H-pyrrole nitrogens is 1. The molecule has 0 aliphatic rings. The molecule has 0 spiro atoms. The molecule has 0 saturated heterocycles. The summed E-state index contributed by atoms with van der Waals surface area (Å²) < 4.78 is 2.18. The smallest absolute Gasteiger partial charge is 0.0480 e. The minimum atomic E-state index is 0.253. The molecular formula is C20H20ClN3. The van der Waals surface area contributed by atoms with Gasteiger partial charge in [-0.25, -0.2) is 0 Å². The lowest BCUT2D eigenvalue weighted by molar-refractivity contribution is 0.700. The van der Waals surface area contributed by atoms with Crippen molar-refractivity contribution in [3.8, 4) is 0 Å². The van der Waals surface area contributed by atoms with Crippen LogP contribution in [0.25, 0.3) is 21.8 Å². The van der Waals surface area contributed by atoms with E-state index in [-0.39, 0.29) is 5.92 Å². The van der Waals surface area contributed by atoms with Gasteiger partial charge in [-0.3, -0.25) is 0 Å². The molecule has 122 valence electrons. The maximum Gasteiger partial charge on any atom is 0.0480 e. The molecule has 4 heteroatoms. The van der Waals surface area contributed by atoms with Crippen molar-refractivity contribution >= 4 is 33.4 Å². The molecule has 1 unspecified atom stereocenters. The highest BCUT2D eigenvalue weighted by Gasteiger charge is 2.18. The first-order valence-electron chi connectivity index (χ1n) is 8.17. The summed E-state index contributed by atoms with van der Waals surface area (Å²) in [6.45, 7) is 0.600. The van der Waals surface area contributed by atoms with Crippen LogP contribution in [-0.2, 0) is 13.5 Å². The molecule has 3 N–H and O–H groups in total. The molecule has 0 bridgehead atoms. The first-order valence-corrected chi connectivity index (χ1v) is 8.54. The molecule has 3 nitrogen and oxygen atoms in total. The van der Waals surface area contributed by atoms with E-state index in [4.69, 9.17) is 17.3 Å². The maximum absolute atomic E-state index is 6.19. The third-order valence-corrected chi connectivity index (χ3v) is 5.08. The van der Waals surface area contributed by atoms with Crippen molar-refractivity contribution in [2.75, 3.05) is 6.54 Å². The number of benzene rings is 2. The Kier molecular flexibility index (Phi) is 3.83. The predicted octanol–water partition coefficient (Wildman–Crippen LogP) is 4.60. The SMILES string of the molecule is Cn1cc(CC(CN)c2c[nH]c3ccc(Cl)cc23)c2ccccc21. The second-order valence-electron chi connectivity index (χ2n) is 6.35. The molecule has 24 heavy (non-hydrogen) atoms. The summed E-state index contributed by atoms with van der Waals surface area (Å²) in [7, 11) is 2.09. The molecule has 0 radical (unpaired) electrons.